The van der Waals surface area contributed by atoms with Crippen molar-refractivity contribution in [3.63, 3.8) is 0 Å². The Kier molecular flexibility index (Phi) is 5.39. The first-order valence-corrected chi connectivity index (χ1v) is 11.3. The monoisotopic (exact) mass is 357 g/mol. The number of sulfonamides is 1. The summed E-state index contributed by atoms with van der Waals surface area (Å²) >= 11 is 0. The minimum Gasteiger partial charge on any atom is -0.335 e. The van der Waals surface area contributed by atoms with Crippen molar-refractivity contribution >= 4 is 16.1 Å². The van der Waals surface area contributed by atoms with Crippen molar-refractivity contribution in [2.24, 2.45) is 5.92 Å². The van der Waals surface area contributed by atoms with E-state index >= 15 is 0 Å². The van der Waals surface area contributed by atoms with E-state index in [0.29, 0.717) is 37.9 Å². The molecule has 0 radical (unpaired) electrons. The van der Waals surface area contributed by atoms with Gasteiger partial charge in [-0.3, -0.25) is 0 Å². The van der Waals surface area contributed by atoms with Crippen molar-refractivity contribution in [1.29, 1.82) is 0 Å². The smallest absolute Gasteiger partial charge is 0.317 e. The molecule has 0 aromatic rings. The maximum absolute atomic E-state index is 12.5. The van der Waals surface area contributed by atoms with Crippen LogP contribution in [0.25, 0.3) is 0 Å². The van der Waals surface area contributed by atoms with E-state index in [1.54, 1.807) is 0 Å². The van der Waals surface area contributed by atoms with Crippen LogP contribution in [0.3, 0.4) is 0 Å². The fourth-order valence-corrected chi connectivity index (χ4v) is 5.34. The average molecular weight is 358 g/mol. The van der Waals surface area contributed by atoms with Crippen LogP contribution in [-0.2, 0) is 10.0 Å². The number of urea groups is 1. The summed E-state index contributed by atoms with van der Waals surface area (Å²) in [6, 6.07) is 0.347. The number of piperidine rings is 1. The van der Waals surface area contributed by atoms with Gasteiger partial charge in [-0.2, -0.15) is 0 Å². The summed E-state index contributed by atoms with van der Waals surface area (Å²) in [6.07, 6.45) is 11.9. The lowest BCUT2D eigenvalue weighted by Crippen LogP contribution is -2.58. The highest BCUT2D eigenvalue weighted by molar-refractivity contribution is 7.88. The molecule has 1 aliphatic heterocycles. The summed E-state index contributed by atoms with van der Waals surface area (Å²) in [5, 5.41) is 3.17. The lowest BCUT2D eigenvalue weighted by molar-refractivity contribution is 0.141. The maximum Gasteiger partial charge on any atom is 0.317 e. The third kappa shape index (κ3) is 5.09. The van der Waals surface area contributed by atoms with Gasteiger partial charge >= 0.3 is 6.03 Å². The molecule has 0 aromatic carbocycles. The number of amides is 2. The van der Waals surface area contributed by atoms with E-state index in [2.05, 4.69) is 10.0 Å². The lowest BCUT2D eigenvalue weighted by Gasteiger charge is -2.42. The molecular formula is C17H31N3O3S. The number of carbonyl (C=O) groups excluding carboxylic acids is 1. The molecule has 2 aliphatic carbocycles. The highest BCUT2D eigenvalue weighted by Gasteiger charge is 2.42. The van der Waals surface area contributed by atoms with Crippen molar-refractivity contribution in [2.45, 2.75) is 75.8 Å². The van der Waals surface area contributed by atoms with Gasteiger partial charge in [0.2, 0.25) is 10.0 Å². The summed E-state index contributed by atoms with van der Waals surface area (Å²) in [4.78, 5) is 14.3. The van der Waals surface area contributed by atoms with Crippen LogP contribution in [-0.4, -0.2) is 50.3 Å². The molecular weight excluding hydrogens is 326 g/mol. The predicted octanol–water partition coefficient (Wildman–Crippen LogP) is 2.21. The Balaban J connectivity index is 1.54. The fourth-order valence-electron chi connectivity index (χ4n) is 4.27. The van der Waals surface area contributed by atoms with Crippen molar-refractivity contribution < 1.29 is 13.2 Å². The van der Waals surface area contributed by atoms with Gasteiger partial charge in [0.15, 0.2) is 0 Å². The van der Waals surface area contributed by atoms with E-state index in [-0.39, 0.29) is 11.6 Å². The van der Waals surface area contributed by atoms with Crippen molar-refractivity contribution in [2.75, 3.05) is 19.3 Å². The SMILES string of the molecule is CS(=O)(=O)NC1(CC2CC2)CCN(C(=O)NC2CCCCC2)CC1. The summed E-state index contributed by atoms with van der Waals surface area (Å²) in [7, 11) is -3.23. The molecule has 24 heavy (non-hydrogen) atoms. The first kappa shape index (κ1) is 18.0. The molecule has 1 heterocycles. The zero-order valence-electron chi connectivity index (χ0n) is 14.7. The third-order valence-corrected chi connectivity index (χ3v) is 6.52. The van der Waals surface area contributed by atoms with Crippen LogP contribution in [0, 0.1) is 5.92 Å². The molecule has 2 saturated carbocycles. The van der Waals surface area contributed by atoms with Gasteiger partial charge in [0.05, 0.1) is 6.26 Å². The second-order valence-corrected chi connectivity index (χ2v) is 9.82. The number of carbonyl (C=O) groups is 1. The molecule has 3 rings (SSSR count). The summed E-state index contributed by atoms with van der Waals surface area (Å²) in [5.41, 5.74) is -0.351. The van der Waals surface area contributed by atoms with E-state index in [4.69, 9.17) is 0 Å². The first-order valence-electron chi connectivity index (χ1n) is 9.40. The standard InChI is InChI=1S/C17H31N3O3S/c1-24(22,23)19-17(13-14-7-8-14)9-11-20(12-10-17)16(21)18-15-5-3-2-4-6-15/h14-15,19H,2-13H2,1H3,(H,18,21). The van der Waals surface area contributed by atoms with Crippen molar-refractivity contribution in [3.8, 4) is 0 Å². The molecule has 3 fully saturated rings. The van der Waals surface area contributed by atoms with Crippen LogP contribution < -0.4 is 10.0 Å². The Morgan fingerprint density at radius 1 is 1.08 bits per heavy atom. The molecule has 0 atom stereocenters. The van der Waals surface area contributed by atoms with E-state index in [1.165, 1.54) is 38.4 Å². The molecule has 138 valence electrons. The van der Waals surface area contributed by atoms with E-state index in [1.807, 2.05) is 4.90 Å². The Morgan fingerprint density at radius 2 is 1.71 bits per heavy atom. The molecule has 0 spiro atoms. The number of hydrogen-bond acceptors (Lipinski definition) is 3. The van der Waals surface area contributed by atoms with Crippen LogP contribution in [0.15, 0.2) is 0 Å². The summed E-state index contributed by atoms with van der Waals surface area (Å²) in [5.74, 6) is 0.655. The average Bonchev–Trinajstić information content (AvgIpc) is 3.31. The van der Waals surface area contributed by atoms with Crippen molar-refractivity contribution in [1.82, 2.24) is 14.9 Å². The Labute approximate surface area is 145 Å². The zero-order chi connectivity index (χ0) is 17.2. The maximum atomic E-state index is 12.5. The van der Waals surface area contributed by atoms with Gasteiger partial charge in [0, 0.05) is 24.7 Å². The van der Waals surface area contributed by atoms with E-state index < -0.39 is 10.0 Å². The van der Waals surface area contributed by atoms with Gasteiger partial charge in [-0.05, 0) is 38.0 Å². The van der Waals surface area contributed by atoms with Crippen LogP contribution in [0.4, 0.5) is 4.79 Å². The predicted molar refractivity (Wildman–Crippen MR) is 94.3 cm³/mol. The van der Waals surface area contributed by atoms with Gasteiger partial charge < -0.3 is 10.2 Å². The zero-order valence-corrected chi connectivity index (χ0v) is 15.5. The van der Waals surface area contributed by atoms with Gasteiger partial charge in [-0.25, -0.2) is 17.9 Å². The van der Waals surface area contributed by atoms with E-state index in [9.17, 15) is 13.2 Å². The quantitative estimate of drug-likeness (QED) is 0.792. The number of hydrogen-bond donors (Lipinski definition) is 2. The molecule has 7 heteroatoms. The lowest BCUT2D eigenvalue weighted by atomic mass is 9.84. The van der Waals surface area contributed by atoms with Crippen LogP contribution in [0.2, 0.25) is 0 Å². The Hall–Kier alpha value is -0.820. The summed E-state index contributed by atoms with van der Waals surface area (Å²) in [6.45, 7) is 1.27. The topological polar surface area (TPSA) is 78.5 Å². The van der Waals surface area contributed by atoms with Gasteiger partial charge in [0.1, 0.15) is 0 Å². The number of nitrogens with one attached hydrogen (secondary N) is 2. The molecule has 0 bridgehead atoms. The highest BCUT2D eigenvalue weighted by Crippen LogP contribution is 2.40. The molecule has 1 saturated heterocycles. The molecule has 6 nitrogen and oxygen atoms in total. The molecule has 2 amide bonds. The first-order chi connectivity index (χ1) is 11.4. The van der Waals surface area contributed by atoms with E-state index in [0.717, 1.165) is 19.3 Å². The minimum atomic E-state index is -3.23. The molecule has 0 unspecified atom stereocenters. The molecule has 0 aromatic heterocycles. The van der Waals surface area contributed by atoms with Crippen molar-refractivity contribution in [3.05, 3.63) is 0 Å². The molecule has 3 aliphatic rings. The number of likely N-dealkylation sites (tertiary alicyclic amines) is 1. The van der Waals surface area contributed by atoms with Gasteiger partial charge in [0.25, 0.3) is 0 Å². The number of nitrogens with zero attached hydrogens (tertiary/aromatic N) is 1. The normalized spacial score (nSPS) is 25.5. The fraction of sp³-hybridized carbons (Fsp3) is 0.941. The second kappa shape index (κ2) is 7.20. The summed E-state index contributed by atoms with van der Waals surface area (Å²) < 4.78 is 26.5. The van der Waals surface area contributed by atoms with Crippen LogP contribution in [0.5, 0.6) is 0 Å². The van der Waals surface area contributed by atoms with Gasteiger partial charge in [-0.15, -0.1) is 0 Å². The Bertz CT molecular complexity index is 545. The Morgan fingerprint density at radius 3 is 2.25 bits per heavy atom. The largest absolute Gasteiger partial charge is 0.335 e. The second-order valence-electron chi connectivity index (χ2n) is 8.07. The van der Waals surface area contributed by atoms with Crippen LogP contribution >= 0.6 is 0 Å². The third-order valence-electron chi connectivity index (χ3n) is 5.72. The minimum absolute atomic E-state index is 0.0290. The van der Waals surface area contributed by atoms with Crippen LogP contribution in [0.1, 0.15) is 64.2 Å². The number of rotatable bonds is 5. The molecule has 2 N–H and O–H groups in total. The highest BCUT2D eigenvalue weighted by atomic mass is 32.2. The van der Waals surface area contributed by atoms with Gasteiger partial charge in [-0.1, -0.05) is 32.1 Å².